The molecule has 0 aliphatic rings. The first-order valence-electron chi connectivity index (χ1n) is 10.8. The molecule has 4 unspecified atom stereocenters. The van der Waals surface area contributed by atoms with Gasteiger partial charge in [0, 0.05) is 12.1 Å². The lowest BCUT2D eigenvalue weighted by molar-refractivity contribution is -0.139. The summed E-state index contributed by atoms with van der Waals surface area (Å²) >= 11 is 0. The Hall–Kier alpha value is -2.65. The molecular weight excluding hydrogens is 410 g/mol. The van der Waals surface area contributed by atoms with Crippen LogP contribution in [0.2, 0.25) is 0 Å². The van der Waals surface area contributed by atoms with Crippen molar-refractivity contribution in [1.29, 1.82) is 0 Å². The molecule has 1 rings (SSSR count). The second-order valence-electron chi connectivity index (χ2n) is 9.82. The van der Waals surface area contributed by atoms with Gasteiger partial charge >= 0.3 is 6.03 Å². The van der Waals surface area contributed by atoms with Gasteiger partial charge in [0.05, 0.1) is 23.6 Å². The molecule has 0 aliphatic heterocycles. The van der Waals surface area contributed by atoms with Gasteiger partial charge in [0.15, 0.2) is 0 Å². The third kappa shape index (κ3) is 6.67. The predicted molar refractivity (Wildman–Crippen MR) is 124 cm³/mol. The molecule has 0 saturated heterocycles. The molecule has 9 nitrogen and oxygen atoms in total. The lowest BCUT2D eigenvalue weighted by atomic mass is 9.69. The molecule has 1 aromatic carbocycles. The lowest BCUT2D eigenvalue weighted by Gasteiger charge is -2.52. The Morgan fingerprint density at radius 1 is 1.03 bits per heavy atom. The molecule has 0 bridgehead atoms. The fourth-order valence-corrected chi connectivity index (χ4v) is 4.02. The summed E-state index contributed by atoms with van der Waals surface area (Å²) in [4.78, 5) is 39.8. The summed E-state index contributed by atoms with van der Waals surface area (Å²) in [6.07, 6.45) is -1.25. The molecule has 0 radical (unpaired) electrons. The summed E-state index contributed by atoms with van der Waals surface area (Å²) in [5.41, 5.74) is 15.8. The molecule has 0 aromatic heterocycles. The molecule has 0 aliphatic carbocycles. The van der Waals surface area contributed by atoms with Crippen LogP contribution in [0.3, 0.4) is 0 Å². The zero-order valence-electron chi connectivity index (χ0n) is 20.0. The molecule has 9 heteroatoms. The Balaban J connectivity index is 3.89. The van der Waals surface area contributed by atoms with Crippen LogP contribution < -0.4 is 22.5 Å². The van der Waals surface area contributed by atoms with E-state index in [4.69, 9.17) is 17.2 Å². The van der Waals surface area contributed by atoms with Gasteiger partial charge in [-0.1, -0.05) is 44.2 Å². The van der Waals surface area contributed by atoms with Crippen LogP contribution in [-0.4, -0.2) is 57.6 Å². The van der Waals surface area contributed by atoms with Crippen LogP contribution >= 0.6 is 0 Å². The zero-order chi connectivity index (χ0) is 24.9. The Kier molecular flexibility index (Phi) is 9.23. The summed E-state index contributed by atoms with van der Waals surface area (Å²) in [6.45, 7) is 10.9. The summed E-state index contributed by atoms with van der Waals surface area (Å²) in [5, 5.41) is 14.1. The lowest BCUT2D eigenvalue weighted by Crippen LogP contribution is -2.73. The van der Waals surface area contributed by atoms with Crippen molar-refractivity contribution in [2.45, 2.75) is 71.2 Å². The maximum absolute atomic E-state index is 13.5. The van der Waals surface area contributed by atoms with Gasteiger partial charge in [-0.15, -0.1) is 0 Å². The number of hydrogen-bond acceptors (Lipinski definition) is 5. The highest BCUT2D eigenvalue weighted by atomic mass is 16.3. The number of rotatable bonds is 10. The standard InChI is InChI=1S/C23H39N5O4/c1-14(2)13-28(21(32)27-22(4,5)6)23(15(3)29,12-16-10-8-7-9-11-16)17(19(25)30)18(24)20(26)31/h7-11,14-15,17-18,29H,12-13,24H2,1-6H3,(H2,25,30)(H2,26,31)(H,27,32). The van der Waals surface area contributed by atoms with Gasteiger partial charge in [0.1, 0.15) is 0 Å². The summed E-state index contributed by atoms with van der Waals surface area (Å²) in [5.74, 6) is -3.35. The average Bonchev–Trinajstić information content (AvgIpc) is 2.64. The molecule has 1 aromatic rings. The second-order valence-corrected chi connectivity index (χ2v) is 9.82. The quantitative estimate of drug-likeness (QED) is 0.355. The predicted octanol–water partition coefficient (Wildman–Crippen LogP) is 0.729. The minimum absolute atomic E-state index is 0.0321. The van der Waals surface area contributed by atoms with Crippen molar-refractivity contribution in [3.8, 4) is 0 Å². The van der Waals surface area contributed by atoms with Crippen molar-refractivity contribution in [1.82, 2.24) is 10.2 Å². The monoisotopic (exact) mass is 449 g/mol. The van der Waals surface area contributed by atoms with Crippen molar-refractivity contribution in [2.24, 2.45) is 29.0 Å². The average molecular weight is 450 g/mol. The van der Waals surface area contributed by atoms with Gasteiger partial charge < -0.3 is 32.5 Å². The molecular formula is C23H39N5O4. The van der Waals surface area contributed by atoms with Crippen LogP contribution in [0.4, 0.5) is 4.79 Å². The molecule has 180 valence electrons. The first-order valence-corrected chi connectivity index (χ1v) is 10.8. The number of carbonyl (C=O) groups excluding carboxylic acids is 3. The third-order valence-electron chi connectivity index (χ3n) is 5.36. The topological polar surface area (TPSA) is 165 Å². The molecule has 0 heterocycles. The van der Waals surface area contributed by atoms with Crippen molar-refractivity contribution in [2.75, 3.05) is 6.54 Å². The number of nitrogens with zero attached hydrogens (tertiary/aromatic N) is 1. The minimum Gasteiger partial charge on any atom is -0.391 e. The molecule has 0 fully saturated rings. The van der Waals surface area contributed by atoms with Crippen LogP contribution in [0.1, 0.15) is 47.1 Å². The summed E-state index contributed by atoms with van der Waals surface area (Å²) in [7, 11) is 0. The number of primary amides is 2. The van der Waals surface area contributed by atoms with E-state index >= 15 is 0 Å². The van der Waals surface area contributed by atoms with Gasteiger partial charge in [-0.05, 0) is 45.6 Å². The number of aliphatic hydroxyl groups excluding tert-OH is 1. The number of nitrogens with one attached hydrogen (secondary N) is 1. The van der Waals surface area contributed by atoms with E-state index in [1.54, 1.807) is 24.3 Å². The SMILES string of the molecule is CC(C)CN(C(=O)NC(C)(C)C)C(Cc1ccccc1)(C(C)O)C(C(N)=O)C(N)C(N)=O. The van der Waals surface area contributed by atoms with Gasteiger partial charge in [-0.2, -0.15) is 0 Å². The number of carbonyl (C=O) groups is 3. The molecule has 0 saturated carbocycles. The van der Waals surface area contributed by atoms with E-state index in [-0.39, 0.29) is 18.9 Å². The number of amides is 4. The molecule has 8 N–H and O–H groups in total. The van der Waals surface area contributed by atoms with Crippen LogP contribution in [0.5, 0.6) is 0 Å². The van der Waals surface area contributed by atoms with Crippen LogP contribution in [0.15, 0.2) is 30.3 Å². The largest absolute Gasteiger partial charge is 0.391 e. The number of hydrogen-bond donors (Lipinski definition) is 5. The van der Waals surface area contributed by atoms with Gasteiger partial charge in [0.2, 0.25) is 11.8 Å². The van der Waals surface area contributed by atoms with E-state index in [9.17, 15) is 19.5 Å². The number of benzene rings is 1. The molecule has 4 atom stereocenters. The molecule has 4 amide bonds. The maximum atomic E-state index is 13.5. The van der Waals surface area contributed by atoms with Crippen molar-refractivity contribution in [3.05, 3.63) is 35.9 Å². The fourth-order valence-electron chi connectivity index (χ4n) is 4.02. The van der Waals surface area contributed by atoms with Gasteiger partial charge in [0.25, 0.3) is 0 Å². The first kappa shape index (κ1) is 27.4. The molecule has 32 heavy (non-hydrogen) atoms. The highest BCUT2D eigenvalue weighted by Gasteiger charge is 2.55. The normalized spacial score (nSPS) is 16.5. The Morgan fingerprint density at radius 3 is 1.94 bits per heavy atom. The van der Waals surface area contributed by atoms with Crippen molar-refractivity contribution < 1.29 is 19.5 Å². The highest BCUT2D eigenvalue weighted by molar-refractivity contribution is 5.90. The van der Waals surface area contributed by atoms with Crippen LogP contribution in [-0.2, 0) is 16.0 Å². The van der Waals surface area contributed by atoms with E-state index < -0.39 is 47.0 Å². The van der Waals surface area contributed by atoms with E-state index in [1.165, 1.54) is 11.8 Å². The first-order chi connectivity index (χ1) is 14.6. The van der Waals surface area contributed by atoms with E-state index in [0.29, 0.717) is 0 Å². The third-order valence-corrected chi connectivity index (χ3v) is 5.36. The van der Waals surface area contributed by atoms with E-state index in [2.05, 4.69) is 5.32 Å². The zero-order valence-corrected chi connectivity index (χ0v) is 20.0. The van der Waals surface area contributed by atoms with Gasteiger partial charge in [-0.3, -0.25) is 9.59 Å². The maximum Gasteiger partial charge on any atom is 0.318 e. The van der Waals surface area contributed by atoms with Crippen LogP contribution in [0.25, 0.3) is 0 Å². The Labute approximate surface area is 190 Å². The van der Waals surface area contributed by atoms with Crippen molar-refractivity contribution >= 4 is 17.8 Å². The minimum atomic E-state index is -1.64. The number of urea groups is 1. The smallest absolute Gasteiger partial charge is 0.318 e. The summed E-state index contributed by atoms with van der Waals surface area (Å²) < 4.78 is 0. The van der Waals surface area contributed by atoms with E-state index in [0.717, 1.165) is 5.56 Å². The van der Waals surface area contributed by atoms with Crippen molar-refractivity contribution in [3.63, 3.8) is 0 Å². The number of nitrogens with two attached hydrogens (primary N) is 3. The van der Waals surface area contributed by atoms with Gasteiger partial charge in [-0.25, -0.2) is 4.79 Å². The fraction of sp³-hybridized carbons (Fsp3) is 0.609. The number of aliphatic hydroxyl groups is 1. The molecule has 0 spiro atoms. The highest BCUT2D eigenvalue weighted by Crippen LogP contribution is 2.36. The van der Waals surface area contributed by atoms with E-state index in [1.807, 2.05) is 40.7 Å². The summed E-state index contributed by atoms with van der Waals surface area (Å²) in [6, 6.07) is 7.02. The Morgan fingerprint density at radius 2 is 1.56 bits per heavy atom. The Bertz CT molecular complexity index is 791. The second kappa shape index (κ2) is 10.8. The van der Waals surface area contributed by atoms with Crippen LogP contribution in [0, 0.1) is 11.8 Å².